The Hall–Kier alpha value is -2.45. The summed E-state index contributed by atoms with van der Waals surface area (Å²) in [6, 6.07) is 12.8. The number of halogens is 1. The van der Waals surface area contributed by atoms with Gasteiger partial charge in [0, 0.05) is 4.70 Å². The number of nitrogens with one attached hydrogen (secondary N) is 2. The number of rotatable bonds is 3. The van der Waals surface area contributed by atoms with Gasteiger partial charge in [-0.2, -0.15) is 5.10 Å². The van der Waals surface area contributed by atoms with Gasteiger partial charge in [0.15, 0.2) is 5.82 Å². The molecule has 4 rings (SSSR count). The average molecular weight is 361 g/mol. The molecule has 0 atom stereocenters. The maximum atomic E-state index is 14.9. The fourth-order valence-electron chi connectivity index (χ4n) is 2.63. The van der Waals surface area contributed by atoms with E-state index in [-0.39, 0.29) is 11.1 Å². The molecule has 0 spiro atoms. The van der Waals surface area contributed by atoms with Crippen LogP contribution in [0.5, 0.6) is 0 Å². The van der Waals surface area contributed by atoms with E-state index in [9.17, 15) is 12.8 Å². The minimum atomic E-state index is -3.57. The molecule has 0 aliphatic rings. The van der Waals surface area contributed by atoms with E-state index < -0.39 is 15.8 Å². The molecule has 122 valence electrons. The van der Waals surface area contributed by atoms with Crippen LogP contribution in [0.2, 0.25) is 0 Å². The van der Waals surface area contributed by atoms with Crippen LogP contribution in [0, 0.1) is 5.82 Å². The first-order chi connectivity index (χ1) is 11.4. The predicted octanol–water partition coefficient (Wildman–Crippen LogP) is 3.96. The summed E-state index contributed by atoms with van der Waals surface area (Å²) in [6.45, 7) is 0. The summed E-state index contributed by atoms with van der Waals surface area (Å²) in [5.41, 5.74) is 0.897. The fourth-order valence-corrected chi connectivity index (χ4v) is 4.24. The number of sulfonamides is 1. The Morgan fingerprint density at radius 1 is 1.21 bits per heavy atom. The zero-order valence-electron chi connectivity index (χ0n) is 12.5. The van der Waals surface area contributed by atoms with Crippen molar-refractivity contribution in [2.24, 2.45) is 0 Å². The largest absolute Gasteiger partial charge is 0.281 e. The number of aromatic nitrogens is 2. The molecule has 0 bridgehead atoms. The number of aromatic amines is 1. The van der Waals surface area contributed by atoms with Gasteiger partial charge < -0.3 is 0 Å². The summed E-state index contributed by atoms with van der Waals surface area (Å²) >= 11 is 1.51. The minimum absolute atomic E-state index is 0.0891. The molecular formula is C16H12FN3O2S2. The second-order valence-electron chi connectivity index (χ2n) is 5.44. The van der Waals surface area contributed by atoms with Gasteiger partial charge in [0.25, 0.3) is 0 Å². The lowest BCUT2D eigenvalue weighted by molar-refractivity contribution is 0.604. The van der Waals surface area contributed by atoms with E-state index in [1.807, 2.05) is 30.3 Å². The quantitative estimate of drug-likeness (QED) is 0.580. The Morgan fingerprint density at radius 2 is 2.00 bits per heavy atom. The van der Waals surface area contributed by atoms with E-state index in [1.165, 1.54) is 17.4 Å². The Bertz CT molecular complexity index is 1150. The van der Waals surface area contributed by atoms with Crippen LogP contribution in [0.25, 0.3) is 31.6 Å². The van der Waals surface area contributed by atoms with Crippen molar-refractivity contribution < 1.29 is 12.8 Å². The SMILES string of the molecule is CS(=O)(=O)Nc1ccc2[nH]nc(-c3cc4ccccc4s3)c2c1F. The van der Waals surface area contributed by atoms with Crippen LogP contribution in [0.15, 0.2) is 42.5 Å². The average Bonchev–Trinajstić information content (AvgIpc) is 3.12. The number of H-pyrrole nitrogens is 1. The Balaban J connectivity index is 1.94. The highest BCUT2D eigenvalue weighted by Gasteiger charge is 2.18. The molecule has 24 heavy (non-hydrogen) atoms. The van der Waals surface area contributed by atoms with Crippen molar-refractivity contribution in [1.82, 2.24) is 10.2 Å². The van der Waals surface area contributed by atoms with E-state index in [1.54, 1.807) is 6.07 Å². The van der Waals surface area contributed by atoms with Gasteiger partial charge in [0.1, 0.15) is 5.69 Å². The number of hydrogen-bond donors (Lipinski definition) is 2. The molecule has 2 aromatic carbocycles. The maximum absolute atomic E-state index is 14.9. The number of nitrogens with zero attached hydrogens (tertiary/aromatic N) is 1. The standard InChI is InChI=1S/C16H12FN3O2S2/c1-24(21,22)20-11-7-6-10-14(15(11)17)16(19-18-10)13-8-9-4-2-3-5-12(9)23-13/h2-8,20H,1H3,(H,18,19). The van der Waals surface area contributed by atoms with Crippen LogP contribution >= 0.6 is 11.3 Å². The number of fused-ring (bicyclic) bond motifs is 2. The van der Waals surface area contributed by atoms with Crippen LogP contribution in [0.3, 0.4) is 0 Å². The van der Waals surface area contributed by atoms with Gasteiger partial charge in [0.2, 0.25) is 10.0 Å². The van der Waals surface area contributed by atoms with Crippen LogP contribution in [0.4, 0.5) is 10.1 Å². The third-order valence-electron chi connectivity index (χ3n) is 3.62. The summed E-state index contributed by atoms with van der Waals surface area (Å²) in [7, 11) is -3.57. The van der Waals surface area contributed by atoms with Gasteiger partial charge in [-0.25, -0.2) is 12.8 Å². The number of hydrogen-bond acceptors (Lipinski definition) is 4. The predicted molar refractivity (Wildman–Crippen MR) is 95.3 cm³/mol. The van der Waals surface area contributed by atoms with Crippen molar-refractivity contribution >= 4 is 48.0 Å². The van der Waals surface area contributed by atoms with Crippen LogP contribution in [-0.2, 0) is 10.0 Å². The lowest BCUT2D eigenvalue weighted by Crippen LogP contribution is -2.10. The first kappa shape index (κ1) is 15.1. The summed E-state index contributed by atoms with van der Waals surface area (Å²) in [6.07, 6.45) is 0.985. The number of thiophene rings is 1. The molecule has 2 N–H and O–H groups in total. The Morgan fingerprint density at radius 3 is 2.75 bits per heavy atom. The second-order valence-corrected chi connectivity index (χ2v) is 8.28. The fraction of sp³-hybridized carbons (Fsp3) is 0.0625. The Kier molecular flexibility index (Phi) is 3.33. The number of benzene rings is 2. The van der Waals surface area contributed by atoms with E-state index in [0.29, 0.717) is 11.2 Å². The molecule has 5 nitrogen and oxygen atoms in total. The molecule has 2 aromatic heterocycles. The molecule has 0 fully saturated rings. The molecule has 0 radical (unpaired) electrons. The van der Waals surface area contributed by atoms with E-state index >= 15 is 0 Å². The van der Waals surface area contributed by atoms with Crippen molar-refractivity contribution in [1.29, 1.82) is 0 Å². The van der Waals surface area contributed by atoms with E-state index in [2.05, 4.69) is 14.9 Å². The highest BCUT2D eigenvalue weighted by Crippen LogP contribution is 2.38. The van der Waals surface area contributed by atoms with Gasteiger partial charge >= 0.3 is 0 Å². The van der Waals surface area contributed by atoms with Crippen LogP contribution in [0.1, 0.15) is 0 Å². The molecule has 0 saturated carbocycles. The molecule has 0 unspecified atom stereocenters. The molecular weight excluding hydrogens is 349 g/mol. The third kappa shape index (κ3) is 2.53. The highest BCUT2D eigenvalue weighted by molar-refractivity contribution is 7.92. The summed E-state index contributed by atoms with van der Waals surface area (Å²) in [4.78, 5) is 0.817. The monoisotopic (exact) mass is 361 g/mol. The first-order valence-electron chi connectivity index (χ1n) is 7.06. The zero-order valence-corrected chi connectivity index (χ0v) is 14.1. The normalized spacial score (nSPS) is 12.1. The Labute approximate surface area is 141 Å². The topological polar surface area (TPSA) is 74.8 Å². The van der Waals surface area contributed by atoms with E-state index in [4.69, 9.17) is 0 Å². The molecule has 4 aromatic rings. The lowest BCUT2D eigenvalue weighted by Gasteiger charge is -2.06. The van der Waals surface area contributed by atoms with Crippen molar-refractivity contribution in [3.05, 3.63) is 48.3 Å². The van der Waals surface area contributed by atoms with Gasteiger partial charge in [-0.05, 0) is 29.7 Å². The van der Waals surface area contributed by atoms with Crippen molar-refractivity contribution in [2.45, 2.75) is 0 Å². The summed E-state index contributed by atoms with van der Waals surface area (Å²) < 4.78 is 40.9. The zero-order chi connectivity index (χ0) is 16.9. The molecule has 0 saturated heterocycles. The second kappa shape index (κ2) is 5.29. The maximum Gasteiger partial charge on any atom is 0.229 e. The van der Waals surface area contributed by atoms with Crippen molar-refractivity contribution in [3.63, 3.8) is 0 Å². The third-order valence-corrected chi connectivity index (χ3v) is 5.33. The smallest absolute Gasteiger partial charge is 0.229 e. The molecule has 0 aliphatic carbocycles. The van der Waals surface area contributed by atoms with Crippen LogP contribution < -0.4 is 4.72 Å². The van der Waals surface area contributed by atoms with Gasteiger partial charge in [-0.15, -0.1) is 11.3 Å². The summed E-state index contributed by atoms with van der Waals surface area (Å²) in [5, 5.41) is 8.36. The molecule has 0 aliphatic heterocycles. The highest BCUT2D eigenvalue weighted by atomic mass is 32.2. The van der Waals surface area contributed by atoms with Gasteiger partial charge in [0.05, 0.1) is 27.7 Å². The molecule has 2 heterocycles. The first-order valence-corrected chi connectivity index (χ1v) is 9.76. The minimum Gasteiger partial charge on any atom is -0.281 e. The van der Waals surface area contributed by atoms with Crippen molar-refractivity contribution in [2.75, 3.05) is 11.0 Å². The van der Waals surface area contributed by atoms with E-state index in [0.717, 1.165) is 21.2 Å². The summed E-state index contributed by atoms with van der Waals surface area (Å²) in [5.74, 6) is -0.640. The lowest BCUT2D eigenvalue weighted by atomic mass is 10.1. The van der Waals surface area contributed by atoms with Gasteiger partial charge in [-0.1, -0.05) is 18.2 Å². The molecule has 8 heteroatoms. The number of anilines is 1. The molecule has 0 amide bonds. The van der Waals surface area contributed by atoms with Crippen molar-refractivity contribution in [3.8, 4) is 10.6 Å². The van der Waals surface area contributed by atoms with Gasteiger partial charge in [-0.3, -0.25) is 9.82 Å². The van der Waals surface area contributed by atoms with Crippen LogP contribution in [-0.4, -0.2) is 24.9 Å².